The summed E-state index contributed by atoms with van der Waals surface area (Å²) in [6, 6.07) is 5.09. The molecule has 0 saturated carbocycles. The van der Waals surface area contributed by atoms with Gasteiger partial charge < -0.3 is 15.2 Å². The van der Waals surface area contributed by atoms with Crippen molar-refractivity contribution in [1.82, 2.24) is 4.90 Å². The summed E-state index contributed by atoms with van der Waals surface area (Å²) in [5, 5.41) is 0. The Kier molecular flexibility index (Phi) is 2.87. The Bertz CT molecular complexity index is 543. The molecule has 2 aliphatic heterocycles. The van der Waals surface area contributed by atoms with Crippen molar-refractivity contribution in [2.45, 2.75) is 19.0 Å². The minimum atomic E-state index is -0.502. The Hall–Kier alpha value is -2.08. The van der Waals surface area contributed by atoms with E-state index in [-0.39, 0.29) is 25.5 Å². The highest BCUT2D eigenvalue weighted by atomic mass is 16.7. The number of benzene rings is 1. The van der Waals surface area contributed by atoms with Crippen LogP contribution in [0, 0.1) is 0 Å². The molecule has 1 fully saturated rings. The van der Waals surface area contributed by atoms with Crippen molar-refractivity contribution < 1.29 is 19.1 Å². The first kappa shape index (κ1) is 12.0. The van der Waals surface area contributed by atoms with E-state index in [4.69, 9.17) is 15.2 Å². The molecule has 2 N–H and O–H groups in total. The lowest BCUT2D eigenvalue weighted by Gasteiger charge is -2.20. The van der Waals surface area contributed by atoms with E-state index in [1.807, 2.05) is 18.2 Å². The lowest BCUT2D eigenvalue weighted by atomic mass is 10.1. The van der Waals surface area contributed by atoms with Crippen molar-refractivity contribution in [3.63, 3.8) is 0 Å². The molecule has 1 aromatic rings. The number of carbonyl (C=O) groups is 2. The quantitative estimate of drug-likeness (QED) is 0.832. The summed E-state index contributed by atoms with van der Waals surface area (Å²) in [7, 11) is 0. The van der Waals surface area contributed by atoms with Gasteiger partial charge in [0, 0.05) is 13.0 Å². The fourth-order valence-electron chi connectivity index (χ4n) is 2.47. The summed E-state index contributed by atoms with van der Waals surface area (Å²) in [4.78, 5) is 24.6. The number of rotatable bonds is 3. The maximum atomic E-state index is 11.5. The molecule has 0 spiro atoms. The first-order chi connectivity index (χ1) is 9.13. The molecule has 0 aliphatic carbocycles. The van der Waals surface area contributed by atoms with E-state index in [0.717, 1.165) is 5.56 Å². The highest BCUT2D eigenvalue weighted by Gasteiger charge is 2.34. The summed E-state index contributed by atoms with van der Waals surface area (Å²) >= 11 is 0. The first-order valence-corrected chi connectivity index (χ1v) is 6.07. The molecule has 1 atom stereocenters. The Morgan fingerprint density at radius 2 is 2.16 bits per heavy atom. The SMILES string of the molecule is NC(=O)C1CC(=O)CN1Cc1ccc2c(c1)OCO2. The van der Waals surface area contributed by atoms with Gasteiger partial charge in [0.15, 0.2) is 11.5 Å². The van der Waals surface area contributed by atoms with Crippen LogP contribution < -0.4 is 15.2 Å². The number of hydrogen-bond acceptors (Lipinski definition) is 5. The van der Waals surface area contributed by atoms with Crippen molar-refractivity contribution >= 4 is 11.7 Å². The molecule has 100 valence electrons. The second-order valence-corrected chi connectivity index (χ2v) is 4.75. The molecule has 1 unspecified atom stereocenters. The first-order valence-electron chi connectivity index (χ1n) is 6.07. The van der Waals surface area contributed by atoms with Crippen LogP contribution in [0.2, 0.25) is 0 Å². The average Bonchev–Trinajstić information content (AvgIpc) is 2.95. The monoisotopic (exact) mass is 262 g/mol. The Morgan fingerprint density at radius 3 is 2.95 bits per heavy atom. The van der Waals surface area contributed by atoms with Gasteiger partial charge in [0.1, 0.15) is 5.78 Å². The number of hydrogen-bond donors (Lipinski definition) is 1. The molecule has 3 rings (SSSR count). The summed E-state index contributed by atoms with van der Waals surface area (Å²) in [6.45, 7) is 0.989. The van der Waals surface area contributed by atoms with Gasteiger partial charge in [0.05, 0.1) is 12.6 Å². The molecule has 6 heteroatoms. The third-order valence-corrected chi connectivity index (χ3v) is 3.39. The topological polar surface area (TPSA) is 81.9 Å². The van der Waals surface area contributed by atoms with Gasteiger partial charge in [-0.25, -0.2) is 0 Å². The zero-order chi connectivity index (χ0) is 13.4. The molecule has 6 nitrogen and oxygen atoms in total. The number of nitrogens with two attached hydrogens (primary N) is 1. The van der Waals surface area contributed by atoms with E-state index < -0.39 is 11.9 Å². The van der Waals surface area contributed by atoms with Crippen molar-refractivity contribution in [1.29, 1.82) is 0 Å². The summed E-state index contributed by atoms with van der Waals surface area (Å²) in [5.74, 6) is 1.00. The van der Waals surface area contributed by atoms with Gasteiger partial charge in [-0.2, -0.15) is 0 Å². The maximum absolute atomic E-state index is 11.5. The second-order valence-electron chi connectivity index (χ2n) is 4.75. The molecule has 19 heavy (non-hydrogen) atoms. The zero-order valence-corrected chi connectivity index (χ0v) is 10.3. The zero-order valence-electron chi connectivity index (χ0n) is 10.3. The van der Waals surface area contributed by atoms with E-state index in [2.05, 4.69) is 0 Å². The largest absolute Gasteiger partial charge is 0.454 e. The molecule has 2 heterocycles. The molecular weight excluding hydrogens is 248 g/mol. The summed E-state index contributed by atoms with van der Waals surface area (Å²) in [6.07, 6.45) is 0.208. The second kappa shape index (κ2) is 4.55. The van der Waals surface area contributed by atoms with Crippen molar-refractivity contribution in [3.05, 3.63) is 23.8 Å². The van der Waals surface area contributed by atoms with Crippen LogP contribution in [0.1, 0.15) is 12.0 Å². The fraction of sp³-hybridized carbons (Fsp3) is 0.385. The molecule has 1 amide bonds. The van der Waals surface area contributed by atoms with Crippen LogP contribution in [0.5, 0.6) is 11.5 Å². The lowest BCUT2D eigenvalue weighted by Crippen LogP contribution is -2.39. The molecule has 0 bridgehead atoms. The van der Waals surface area contributed by atoms with E-state index in [1.54, 1.807) is 4.90 Å². The van der Waals surface area contributed by atoms with E-state index in [0.29, 0.717) is 18.0 Å². The summed E-state index contributed by atoms with van der Waals surface area (Å²) < 4.78 is 10.5. The number of likely N-dealkylation sites (tertiary alicyclic amines) is 1. The Morgan fingerprint density at radius 1 is 1.37 bits per heavy atom. The number of primary amides is 1. The summed E-state index contributed by atoms with van der Waals surface area (Å²) in [5.41, 5.74) is 6.28. The number of Topliss-reactive ketones (excluding diaryl/α,β-unsaturated/α-hetero) is 1. The van der Waals surface area contributed by atoms with Crippen LogP contribution >= 0.6 is 0 Å². The number of amides is 1. The molecular formula is C13H14N2O4. The van der Waals surface area contributed by atoms with Crippen LogP contribution in [0.3, 0.4) is 0 Å². The van der Waals surface area contributed by atoms with Crippen LogP contribution in [0.15, 0.2) is 18.2 Å². The van der Waals surface area contributed by atoms with E-state index in [9.17, 15) is 9.59 Å². The van der Waals surface area contributed by atoms with Crippen molar-refractivity contribution in [2.75, 3.05) is 13.3 Å². The number of ether oxygens (including phenoxy) is 2. The van der Waals surface area contributed by atoms with Gasteiger partial charge in [-0.15, -0.1) is 0 Å². The van der Waals surface area contributed by atoms with E-state index >= 15 is 0 Å². The minimum absolute atomic E-state index is 0.0459. The predicted molar refractivity (Wildman–Crippen MR) is 65.6 cm³/mol. The van der Waals surface area contributed by atoms with Crippen LogP contribution in [0.25, 0.3) is 0 Å². The average molecular weight is 262 g/mol. The van der Waals surface area contributed by atoms with Gasteiger partial charge in [0.25, 0.3) is 0 Å². The van der Waals surface area contributed by atoms with Gasteiger partial charge in [-0.3, -0.25) is 14.5 Å². The van der Waals surface area contributed by atoms with Crippen LogP contribution in [0.4, 0.5) is 0 Å². The highest BCUT2D eigenvalue weighted by molar-refractivity contribution is 5.92. The van der Waals surface area contributed by atoms with Gasteiger partial charge >= 0.3 is 0 Å². The highest BCUT2D eigenvalue weighted by Crippen LogP contribution is 2.33. The number of ketones is 1. The molecule has 0 radical (unpaired) electrons. The normalized spacial score (nSPS) is 21.9. The molecule has 1 saturated heterocycles. The van der Waals surface area contributed by atoms with E-state index in [1.165, 1.54) is 0 Å². The lowest BCUT2D eigenvalue weighted by molar-refractivity contribution is -0.123. The van der Waals surface area contributed by atoms with Crippen molar-refractivity contribution in [3.8, 4) is 11.5 Å². The van der Waals surface area contributed by atoms with Gasteiger partial charge in [0.2, 0.25) is 12.7 Å². The van der Waals surface area contributed by atoms with Crippen molar-refractivity contribution in [2.24, 2.45) is 5.73 Å². The minimum Gasteiger partial charge on any atom is -0.454 e. The van der Waals surface area contributed by atoms with Crippen LogP contribution in [-0.4, -0.2) is 36.0 Å². The van der Waals surface area contributed by atoms with Gasteiger partial charge in [-0.05, 0) is 17.7 Å². The standard InChI is InChI=1S/C13H14N2O4/c14-13(17)10-4-9(16)6-15(10)5-8-1-2-11-12(3-8)19-7-18-11/h1-3,10H,4-7H2,(H2,14,17). The smallest absolute Gasteiger partial charge is 0.235 e. The molecule has 1 aromatic carbocycles. The maximum Gasteiger partial charge on any atom is 0.235 e. The number of nitrogens with zero attached hydrogens (tertiary/aromatic N) is 1. The van der Waals surface area contributed by atoms with Gasteiger partial charge in [-0.1, -0.05) is 6.07 Å². The third kappa shape index (κ3) is 2.26. The molecule has 0 aromatic heterocycles. The Labute approximate surface area is 110 Å². The Balaban J connectivity index is 1.77. The fourth-order valence-corrected chi connectivity index (χ4v) is 2.47. The number of carbonyl (C=O) groups excluding carboxylic acids is 2. The third-order valence-electron chi connectivity index (χ3n) is 3.39. The predicted octanol–water partition coefficient (Wildman–Crippen LogP) is 0.0440. The molecule has 2 aliphatic rings. The number of fused-ring (bicyclic) bond motifs is 1. The van der Waals surface area contributed by atoms with Crippen LogP contribution in [-0.2, 0) is 16.1 Å².